The van der Waals surface area contributed by atoms with Crippen LogP contribution in [0.25, 0.3) is 0 Å². The summed E-state index contributed by atoms with van der Waals surface area (Å²) in [5.74, 6) is -0.256. The lowest BCUT2D eigenvalue weighted by Crippen LogP contribution is -2.45. The first-order chi connectivity index (χ1) is 8.29. The van der Waals surface area contributed by atoms with Crippen LogP contribution in [0.5, 0.6) is 0 Å². The van der Waals surface area contributed by atoms with Gasteiger partial charge in [0.15, 0.2) is 0 Å². The number of sulfonamides is 1. The van der Waals surface area contributed by atoms with Gasteiger partial charge in [0.05, 0.1) is 6.04 Å². The smallest absolute Gasteiger partial charge is 0.251 e. The zero-order valence-electron chi connectivity index (χ0n) is 10.3. The Morgan fingerprint density at radius 2 is 2.22 bits per heavy atom. The number of carbonyl (C=O) groups excluding carboxylic acids is 1. The van der Waals surface area contributed by atoms with Crippen molar-refractivity contribution in [1.29, 1.82) is 0 Å². The number of amides is 1. The Kier molecular flexibility index (Phi) is 5.32. The maximum absolute atomic E-state index is 12.0. The molecule has 102 valence electrons. The second-order valence-electron chi connectivity index (χ2n) is 3.75. The maximum atomic E-state index is 12.0. The van der Waals surface area contributed by atoms with Crippen molar-refractivity contribution in [3.05, 3.63) is 15.9 Å². The van der Waals surface area contributed by atoms with Gasteiger partial charge in [-0.2, -0.15) is 4.72 Å². The molecule has 1 N–H and O–H groups in total. The fourth-order valence-electron chi connectivity index (χ4n) is 1.29. The third-order valence-corrected chi connectivity index (χ3v) is 6.59. The van der Waals surface area contributed by atoms with Gasteiger partial charge in [0, 0.05) is 18.1 Å². The maximum Gasteiger partial charge on any atom is 0.251 e. The van der Waals surface area contributed by atoms with Crippen LogP contribution >= 0.6 is 27.3 Å². The first-order valence-electron chi connectivity index (χ1n) is 5.30. The highest BCUT2D eigenvalue weighted by Crippen LogP contribution is 2.27. The molecule has 1 amide bonds. The van der Waals surface area contributed by atoms with E-state index in [4.69, 9.17) is 0 Å². The molecular formula is C10H15BrN2O3S2. The van der Waals surface area contributed by atoms with E-state index in [1.165, 1.54) is 11.8 Å². The normalized spacial score (nSPS) is 13.3. The summed E-state index contributed by atoms with van der Waals surface area (Å²) in [6.45, 7) is 3.90. The van der Waals surface area contributed by atoms with Gasteiger partial charge in [0.1, 0.15) is 4.21 Å². The Hall–Kier alpha value is -0.440. The summed E-state index contributed by atoms with van der Waals surface area (Å²) >= 11 is 4.27. The van der Waals surface area contributed by atoms with E-state index >= 15 is 0 Å². The highest BCUT2D eigenvalue weighted by molar-refractivity contribution is 9.10. The summed E-state index contributed by atoms with van der Waals surface area (Å²) in [5.41, 5.74) is 0. The van der Waals surface area contributed by atoms with Crippen LogP contribution in [0, 0.1) is 0 Å². The second kappa shape index (κ2) is 6.14. The molecule has 0 spiro atoms. The lowest BCUT2D eigenvalue weighted by atomic mass is 10.3. The molecule has 0 saturated carbocycles. The minimum Gasteiger partial charge on any atom is -0.345 e. The lowest BCUT2D eigenvalue weighted by molar-refractivity contribution is -0.131. The zero-order valence-corrected chi connectivity index (χ0v) is 13.5. The Balaban J connectivity index is 2.85. The molecule has 1 aromatic heterocycles. The summed E-state index contributed by atoms with van der Waals surface area (Å²) in [6, 6.07) is 0.873. The third kappa shape index (κ3) is 3.53. The van der Waals surface area contributed by atoms with Crippen molar-refractivity contribution in [3.8, 4) is 0 Å². The number of thiophene rings is 1. The standard InChI is InChI=1S/C10H15BrN2O3S2/c1-4-13(3)9(14)7(2)12-18(15,16)10-8(11)5-6-17-10/h5-7,12H,4H2,1-3H3. The van der Waals surface area contributed by atoms with Gasteiger partial charge in [-0.1, -0.05) is 0 Å². The predicted octanol–water partition coefficient (Wildman–Crippen LogP) is 1.66. The van der Waals surface area contributed by atoms with Gasteiger partial charge in [-0.05, 0) is 41.2 Å². The average Bonchev–Trinajstić information content (AvgIpc) is 2.73. The molecule has 1 unspecified atom stereocenters. The molecule has 0 aliphatic rings. The van der Waals surface area contributed by atoms with E-state index < -0.39 is 16.1 Å². The van der Waals surface area contributed by atoms with Crippen molar-refractivity contribution < 1.29 is 13.2 Å². The van der Waals surface area contributed by atoms with E-state index in [2.05, 4.69) is 20.7 Å². The topological polar surface area (TPSA) is 66.5 Å². The van der Waals surface area contributed by atoms with Crippen molar-refractivity contribution in [2.24, 2.45) is 0 Å². The average molecular weight is 355 g/mol. The zero-order chi connectivity index (χ0) is 13.9. The van der Waals surface area contributed by atoms with Crippen molar-refractivity contribution in [3.63, 3.8) is 0 Å². The van der Waals surface area contributed by atoms with Crippen molar-refractivity contribution >= 4 is 43.2 Å². The monoisotopic (exact) mass is 354 g/mol. The quantitative estimate of drug-likeness (QED) is 0.874. The molecule has 5 nitrogen and oxygen atoms in total. The number of hydrogen-bond donors (Lipinski definition) is 1. The molecule has 18 heavy (non-hydrogen) atoms. The number of nitrogens with one attached hydrogen (secondary N) is 1. The van der Waals surface area contributed by atoms with Crippen LogP contribution in [0.1, 0.15) is 13.8 Å². The van der Waals surface area contributed by atoms with Crippen molar-refractivity contribution in [2.45, 2.75) is 24.1 Å². The Morgan fingerprint density at radius 1 is 1.61 bits per heavy atom. The molecule has 0 aromatic carbocycles. The summed E-state index contributed by atoms with van der Waals surface area (Å²) < 4.78 is 27.1. The van der Waals surface area contributed by atoms with Crippen LogP contribution in [-0.2, 0) is 14.8 Å². The van der Waals surface area contributed by atoms with Gasteiger partial charge >= 0.3 is 0 Å². The van der Waals surface area contributed by atoms with E-state index in [9.17, 15) is 13.2 Å². The van der Waals surface area contributed by atoms with E-state index in [-0.39, 0.29) is 10.1 Å². The number of likely N-dealkylation sites (N-methyl/N-ethyl adjacent to an activating group) is 1. The second-order valence-corrected chi connectivity index (χ2v) is 7.43. The SMILES string of the molecule is CCN(C)C(=O)C(C)NS(=O)(=O)c1sccc1Br. The number of carbonyl (C=O) groups is 1. The van der Waals surface area contributed by atoms with Crippen molar-refractivity contribution in [2.75, 3.05) is 13.6 Å². The molecule has 0 radical (unpaired) electrons. The summed E-state index contributed by atoms with van der Waals surface area (Å²) in [7, 11) is -2.03. The lowest BCUT2D eigenvalue weighted by Gasteiger charge is -2.20. The van der Waals surface area contributed by atoms with Crippen LogP contribution in [0.3, 0.4) is 0 Å². The fourth-order valence-corrected chi connectivity index (χ4v) is 4.85. The van der Waals surface area contributed by atoms with Gasteiger partial charge in [0.25, 0.3) is 10.0 Å². The Labute approximate surface area is 119 Å². The molecule has 0 aliphatic heterocycles. The molecule has 8 heteroatoms. The molecule has 0 bridgehead atoms. The van der Waals surface area contributed by atoms with Crippen LogP contribution in [0.2, 0.25) is 0 Å². The van der Waals surface area contributed by atoms with E-state index in [1.54, 1.807) is 18.5 Å². The van der Waals surface area contributed by atoms with Gasteiger partial charge in [-0.3, -0.25) is 4.79 Å². The largest absolute Gasteiger partial charge is 0.345 e. The number of nitrogens with zero attached hydrogens (tertiary/aromatic N) is 1. The predicted molar refractivity (Wildman–Crippen MR) is 75.1 cm³/mol. The van der Waals surface area contributed by atoms with Crippen LogP contribution in [-0.4, -0.2) is 38.9 Å². The fraction of sp³-hybridized carbons (Fsp3) is 0.500. The number of rotatable bonds is 5. The molecule has 0 fully saturated rings. The van der Waals surface area contributed by atoms with Crippen LogP contribution in [0.4, 0.5) is 0 Å². The first-order valence-corrected chi connectivity index (χ1v) is 8.45. The molecule has 0 aliphatic carbocycles. The highest BCUT2D eigenvalue weighted by atomic mass is 79.9. The molecular weight excluding hydrogens is 340 g/mol. The van der Waals surface area contributed by atoms with Gasteiger partial charge in [0.2, 0.25) is 5.91 Å². The Morgan fingerprint density at radius 3 is 2.67 bits per heavy atom. The minimum atomic E-state index is -3.66. The van der Waals surface area contributed by atoms with Crippen LogP contribution < -0.4 is 4.72 Å². The number of halogens is 1. The minimum absolute atomic E-state index is 0.182. The first kappa shape index (κ1) is 15.6. The molecule has 1 atom stereocenters. The highest BCUT2D eigenvalue weighted by Gasteiger charge is 2.26. The summed E-state index contributed by atoms with van der Waals surface area (Å²) in [5, 5.41) is 1.67. The third-order valence-electron chi connectivity index (χ3n) is 2.38. The van der Waals surface area contributed by atoms with Gasteiger partial charge in [-0.25, -0.2) is 8.42 Å². The van der Waals surface area contributed by atoms with E-state index in [1.807, 2.05) is 6.92 Å². The molecule has 1 rings (SSSR count). The molecule has 1 heterocycles. The van der Waals surface area contributed by atoms with Crippen molar-refractivity contribution in [1.82, 2.24) is 9.62 Å². The molecule has 1 aromatic rings. The van der Waals surface area contributed by atoms with E-state index in [0.29, 0.717) is 11.0 Å². The summed E-state index contributed by atoms with van der Waals surface area (Å²) in [6.07, 6.45) is 0. The van der Waals surface area contributed by atoms with Crippen LogP contribution in [0.15, 0.2) is 20.1 Å². The molecule has 0 saturated heterocycles. The Bertz CT molecular complexity index is 527. The van der Waals surface area contributed by atoms with Gasteiger partial charge in [-0.15, -0.1) is 11.3 Å². The summed E-state index contributed by atoms with van der Waals surface area (Å²) in [4.78, 5) is 13.3. The van der Waals surface area contributed by atoms with E-state index in [0.717, 1.165) is 11.3 Å². The van der Waals surface area contributed by atoms with Gasteiger partial charge < -0.3 is 4.90 Å². The number of hydrogen-bond acceptors (Lipinski definition) is 4.